The second-order valence-electron chi connectivity index (χ2n) is 9.63. The van der Waals surface area contributed by atoms with Gasteiger partial charge in [-0.2, -0.15) is 0 Å². The van der Waals surface area contributed by atoms with Crippen LogP contribution in [0.2, 0.25) is 0 Å². The standard InChI is InChI=1S/C22H34/c1-4-11-22-14-6-5-13-21(22,3)19-10-15-20(2)12-7-8-18(20)17(19)9-16-22/h11,17-19H,1,5-10,12-16H2,2-3H3/t17-,18-,19-,20-,21+,22?/m0/s1. The summed E-state index contributed by atoms with van der Waals surface area (Å²) in [6, 6.07) is 0. The molecule has 0 aliphatic heterocycles. The molecule has 1 unspecified atom stereocenters. The van der Waals surface area contributed by atoms with Gasteiger partial charge in [0.25, 0.3) is 0 Å². The Kier molecular flexibility index (Phi) is 3.43. The molecule has 0 aromatic heterocycles. The number of allylic oxidation sites excluding steroid dienone is 1. The van der Waals surface area contributed by atoms with E-state index in [9.17, 15) is 0 Å². The minimum atomic E-state index is 0.431. The summed E-state index contributed by atoms with van der Waals surface area (Å²) in [7, 11) is 0. The van der Waals surface area contributed by atoms with E-state index in [0.29, 0.717) is 16.2 Å². The molecule has 0 amide bonds. The molecule has 4 aliphatic carbocycles. The molecule has 22 heavy (non-hydrogen) atoms. The average molecular weight is 299 g/mol. The maximum atomic E-state index is 3.96. The molecule has 4 rings (SSSR count). The van der Waals surface area contributed by atoms with Gasteiger partial charge in [-0.15, -0.1) is 5.73 Å². The van der Waals surface area contributed by atoms with Crippen LogP contribution in [-0.2, 0) is 0 Å². The molecule has 0 spiro atoms. The van der Waals surface area contributed by atoms with Gasteiger partial charge in [0.05, 0.1) is 0 Å². The normalized spacial score (nSPS) is 53.8. The van der Waals surface area contributed by atoms with Gasteiger partial charge >= 0.3 is 0 Å². The summed E-state index contributed by atoms with van der Waals surface area (Å²) in [5.41, 5.74) is 4.88. The Bertz CT molecular complexity index is 498. The van der Waals surface area contributed by atoms with E-state index in [2.05, 4.69) is 32.2 Å². The van der Waals surface area contributed by atoms with Crippen LogP contribution in [0.4, 0.5) is 0 Å². The van der Waals surface area contributed by atoms with Crippen molar-refractivity contribution >= 4 is 0 Å². The quantitative estimate of drug-likeness (QED) is 0.483. The Hall–Kier alpha value is -0.480. The highest BCUT2D eigenvalue weighted by Crippen LogP contribution is 2.70. The summed E-state index contributed by atoms with van der Waals surface area (Å²) < 4.78 is 0. The van der Waals surface area contributed by atoms with Gasteiger partial charge in [0.15, 0.2) is 0 Å². The lowest BCUT2D eigenvalue weighted by Gasteiger charge is -2.64. The molecule has 0 heterocycles. The molecule has 0 bridgehead atoms. The average Bonchev–Trinajstić information content (AvgIpc) is 2.89. The Balaban J connectivity index is 1.72. The van der Waals surface area contributed by atoms with Crippen LogP contribution in [0.15, 0.2) is 18.4 Å². The smallest absolute Gasteiger partial charge is 0.00139 e. The Morgan fingerprint density at radius 1 is 0.864 bits per heavy atom. The highest BCUT2D eigenvalue weighted by molar-refractivity contribution is 5.17. The zero-order valence-electron chi connectivity index (χ0n) is 14.8. The summed E-state index contributed by atoms with van der Waals surface area (Å²) in [4.78, 5) is 0. The van der Waals surface area contributed by atoms with Crippen molar-refractivity contribution in [3.63, 3.8) is 0 Å². The summed E-state index contributed by atoms with van der Waals surface area (Å²) in [5.74, 6) is 3.04. The number of fused-ring (bicyclic) bond motifs is 5. The molecular formula is C22H34. The Morgan fingerprint density at radius 3 is 2.50 bits per heavy atom. The molecule has 6 atom stereocenters. The van der Waals surface area contributed by atoms with Crippen LogP contribution in [0.1, 0.15) is 84.5 Å². The van der Waals surface area contributed by atoms with E-state index in [4.69, 9.17) is 0 Å². The van der Waals surface area contributed by atoms with Crippen LogP contribution in [0, 0.1) is 34.0 Å². The van der Waals surface area contributed by atoms with E-state index in [1.54, 1.807) is 0 Å². The van der Waals surface area contributed by atoms with Crippen molar-refractivity contribution < 1.29 is 0 Å². The van der Waals surface area contributed by atoms with Gasteiger partial charge in [-0.1, -0.05) is 39.7 Å². The largest absolute Gasteiger partial charge is 0.132 e. The first-order valence-electron chi connectivity index (χ1n) is 9.92. The van der Waals surface area contributed by atoms with Gasteiger partial charge in [-0.3, -0.25) is 0 Å². The monoisotopic (exact) mass is 298 g/mol. The fraction of sp³-hybridized carbons (Fsp3) is 0.864. The third kappa shape index (κ3) is 1.83. The number of hydrogen-bond acceptors (Lipinski definition) is 0. The molecule has 0 radical (unpaired) electrons. The molecule has 4 fully saturated rings. The highest BCUT2D eigenvalue weighted by Gasteiger charge is 2.61. The summed E-state index contributed by atoms with van der Waals surface area (Å²) in [6.07, 6.45) is 18.6. The molecule has 0 nitrogen and oxygen atoms in total. The minimum Gasteiger partial charge on any atom is -0.132 e. The fourth-order valence-corrected chi connectivity index (χ4v) is 7.84. The Labute approximate surface area is 137 Å². The maximum absolute atomic E-state index is 3.96. The van der Waals surface area contributed by atoms with Crippen LogP contribution < -0.4 is 0 Å². The van der Waals surface area contributed by atoms with Crippen LogP contribution in [-0.4, -0.2) is 0 Å². The molecule has 0 aromatic carbocycles. The molecule has 0 heteroatoms. The second-order valence-corrected chi connectivity index (χ2v) is 9.63. The third-order valence-electron chi connectivity index (χ3n) is 9.05. The zero-order chi connectivity index (χ0) is 15.4. The van der Waals surface area contributed by atoms with Gasteiger partial charge in [0.2, 0.25) is 0 Å². The van der Waals surface area contributed by atoms with Gasteiger partial charge < -0.3 is 0 Å². The SMILES string of the molecule is C=C=CC12CCCC[C@]1(C)[C@H]1CC[C@]3(C)CCC[C@H]3[C@@H]1CC2. The van der Waals surface area contributed by atoms with E-state index in [1.165, 1.54) is 70.6 Å². The lowest BCUT2D eigenvalue weighted by molar-refractivity contribution is -0.134. The highest BCUT2D eigenvalue weighted by atomic mass is 14.7. The fourth-order valence-electron chi connectivity index (χ4n) is 7.84. The van der Waals surface area contributed by atoms with E-state index >= 15 is 0 Å². The first-order chi connectivity index (χ1) is 10.5. The maximum Gasteiger partial charge on any atom is 0.00139 e. The topological polar surface area (TPSA) is 0 Å². The van der Waals surface area contributed by atoms with Crippen LogP contribution in [0.5, 0.6) is 0 Å². The van der Waals surface area contributed by atoms with Gasteiger partial charge in [0, 0.05) is 5.41 Å². The van der Waals surface area contributed by atoms with E-state index < -0.39 is 0 Å². The summed E-state index contributed by atoms with van der Waals surface area (Å²) in [5, 5.41) is 0. The van der Waals surface area contributed by atoms with E-state index in [1.807, 2.05) is 0 Å². The molecule has 4 aliphatic rings. The van der Waals surface area contributed by atoms with Crippen molar-refractivity contribution in [3.05, 3.63) is 18.4 Å². The van der Waals surface area contributed by atoms with Crippen molar-refractivity contribution in [2.45, 2.75) is 84.5 Å². The molecule has 4 saturated carbocycles. The molecule has 0 aromatic rings. The third-order valence-corrected chi connectivity index (χ3v) is 9.05. The van der Waals surface area contributed by atoms with Crippen molar-refractivity contribution in [2.24, 2.45) is 34.0 Å². The molecule has 0 saturated heterocycles. The summed E-state index contributed by atoms with van der Waals surface area (Å²) >= 11 is 0. The van der Waals surface area contributed by atoms with Crippen molar-refractivity contribution in [1.29, 1.82) is 0 Å². The number of hydrogen-bond donors (Lipinski definition) is 0. The predicted molar refractivity (Wildman–Crippen MR) is 93.6 cm³/mol. The van der Waals surface area contributed by atoms with Gasteiger partial charge in [0.1, 0.15) is 0 Å². The van der Waals surface area contributed by atoms with Gasteiger partial charge in [-0.05, 0) is 86.0 Å². The van der Waals surface area contributed by atoms with Crippen molar-refractivity contribution in [1.82, 2.24) is 0 Å². The van der Waals surface area contributed by atoms with Crippen LogP contribution in [0.25, 0.3) is 0 Å². The van der Waals surface area contributed by atoms with Crippen molar-refractivity contribution in [3.8, 4) is 0 Å². The van der Waals surface area contributed by atoms with Crippen LogP contribution in [0.3, 0.4) is 0 Å². The van der Waals surface area contributed by atoms with Crippen molar-refractivity contribution in [2.75, 3.05) is 0 Å². The lowest BCUT2D eigenvalue weighted by Crippen LogP contribution is -2.56. The summed E-state index contributed by atoms with van der Waals surface area (Å²) in [6.45, 7) is 9.24. The number of rotatable bonds is 1. The molecule has 0 N–H and O–H groups in total. The van der Waals surface area contributed by atoms with E-state index in [0.717, 1.165) is 17.8 Å². The predicted octanol–water partition coefficient (Wildman–Crippen LogP) is 6.52. The first-order valence-corrected chi connectivity index (χ1v) is 9.92. The van der Waals surface area contributed by atoms with E-state index in [-0.39, 0.29) is 0 Å². The second kappa shape index (κ2) is 5.01. The molecular weight excluding hydrogens is 264 g/mol. The van der Waals surface area contributed by atoms with Gasteiger partial charge in [-0.25, -0.2) is 0 Å². The molecule has 122 valence electrons. The zero-order valence-corrected chi connectivity index (χ0v) is 14.8. The Morgan fingerprint density at radius 2 is 1.68 bits per heavy atom. The van der Waals surface area contributed by atoms with Crippen LogP contribution >= 0.6 is 0 Å². The first kappa shape index (κ1) is 15.1. The lowest BCUT2D eigenvalue weighted by atomic mass is 9.40. The minimum absolute atomic E-state index is 0.431.